The standard InChI is InChI=1S/C22H21N/c1-2-3-6-16-13-18-10-11-19(15-20(18)14-16)21-9-4-7-17-8-5-12-23-22(17)21/h4-5,7-13,15H,2-3,6,14H2,1H3. The summed E-state index contributed by atoms with van der Waals surface area (Å²) in [6.45, 7) is 2.26. The number of rotatable bonds is 4. The molecule has 1 heteroatoms. The lowest BCUT2D eigenvalue weighted by Gasteiger charge is -2.08. The molecule has 0 unspecified atom stereocenters. The van der Waals surface area contributed by atoms with Crippen LogP contribution in [0.15, 0.2) is 60.3 Å². The Morgan fingerprint density at radius 2 is 1.96 bits per heavy atom. The van der Waals surface area contributed by atoms with Gasteiger partial charge in [-0.1, -0.05) is 67.5 Å². The van der Waals surface area contributed by atoms with Crippen LogP contribution in [0.25, 0.3) is 28.1 Å². The number of benzene rings is 2. The maximum Gasteiger partial charge on any atom is 0.0780 e. The third-order valence-corrected chi connectivity index (χ3v) is 4.72. The van der Waals surface area contributed by atoms with Crippen LogP contribution in [0.1, 0.15) is 37.3 Å². The van der Waals surface area contributed by atoms with Crippen molar-refractivity contribution in [3.8, 4) is 11.1 Å². The lowest BCUT2D eigenvalue weighted by molar-refractivity contribution is 0.779. The Labute approximate surface area is 137 Å². The Kier molecular flexibility index (Phi) is 3.70. The highest BCUT2D eigenvalue weighted by atomic mass is 14.6. The van der Waals surface area contributed by atoms with Crippen molar-refractivity contribution in [2.24, 2.45) is 0 Å². The summed E-state index contributed by atoms with van der Waals surface area (Å²) in [5, 5.41) is 1.20. The summed E-state index contributed by atoms with van der Waals surface area (Å²) >= 11 is 0. The van der Waals surface area contributed by atoms with Gasteiger partial charge >= 0.3 is 0 Å². The molecule has 23 heavy (non-hydrogen) atoms. The summed E-state index contributed by atoms with van der Waals surface area (Å²) in [6.07, 6.45) is 9.16. The zero-order valence-electron chi connectivity index (χ0n) is 13.5. The number of para-hydroxylation sites is 1. The minimum absolute atomic E-state index is 1.09. The third kappa shape index (κ3) is 2.68. The molecule has 1 aromatic heterocycles. The molecule has 2 aromatic carbocycles. The normalized spacial score (nSPS) is 13.2. The number of fused-ring (bicyclic) bond motifs is 2. The van der Waals surface area contributed by atoms with Crippen LogP contribution >= 0.6 is 0 Å². The van der Waals surface area contributed by atoms with Crippen LogP contribution in [0.5, 0.6) is 0 Å². The van der Waals surface area contributed by atoms with Crippen LogP contribution in [-0.2, 0) is 6.42 Å². The van der Waals surface area contributed by atoms with Crippen molar-refractivity contribution in [3.05, 3.63) is 71.4 Å². The molecule has 0 spiro atoms. The molecule has 1 aliphatic rings. The lowest BCUT2D eigenvalue weighted by Crippen LogP contribution is -1.89. The van der Waals surface area contributed by atoms with E-state index in [4.69, 9.17) is 0 Å². The van der Waals surface area contributed by atoms with Crippen molar-refractivity contribution in [3.63, 3.8) is 0 Å². The maximum absolute atomic E-state index is 4.59. The molecule has 0 amide bonds. The zero-order valence-corrected chi connectivity index (χ0v) is 13.5. The summed E-state index contributed by atoms with van der Waals surface area (Å²) in [7, 11) is 0. The molecule has 1 heterocycles. The van der Waals surface area contributed by atoms with Crippen molar-refractivity contribution < 1.29 is 0 Å². The topological polar surface area (TPSA) is 12.9 Å². The highest BCUT2D eigenvalue weighted by Gasteiger charge is 2.14. The van der Waals surface area contributed by atoms with Gasteiger partial charge in [0, 0.05) is 17.1 Å². The van der Waals surface area contributed by atoms with E-state index in [0.717, 1.165) is 11.9 Å². The number of allylic oxidation sites excluding steroid dienone is 1. The predicted octanol–water partition coefficient (Wildman–Crippen LogP) is 6.03. The van der Waals surface area contributed by atoms with E-state index in [1.165, 1.54) is 46.9 Å². The molecule has 1 nitrogen and oxygen atoms in total. The third-order valence-electron chi connectivity index (χ3n) is 4.72. The summed E-state index contributed by atoms with van der Waals surface area (Å²) in [4.78, 5) is 4.59. The average molecular weight is 299 g/mol. The number of pyridine rings is 1. The molecule has 4 rings (SSSR count). The average Bonchev–Trinajstić information content (AvgIpc) is 3.01. The van der Waals surface area contributed by atoms with E-state index in [-0.39, 0.29) is 0 Å². The Morgan fingerprint density at radius 3 is 2.87 bits per heavy atom. The predicted molar refractivity (Wildman–Crippen MR) is 98.4 cm³/mol. The van der Waals surface area contributed by atoms with E-state index >= 15 is 0 Å². The van der Waals surface area contributed by atoms with Crippen molar-refractivity contribution in [1.82, 2.24) is 4.98 Å². The van der Waals surface area contributed by atoms with E-state index in [9.17, 15) is 0 Å². The van der Waals surface area contributed by atoms with Crippen molar-refractivity contribution in [2.75, 3.05) is 0 Å². The van der Waals surface area contributed by atoms with Crippen LogP contribution in [0.2, 0.25) is 0 Å². The van der Waals surface area contributed by atoms with Gasteiger partial charge in [0.2, 0.25) is 0 Å². The van der Waals surface area contributed by atoms with Gasteiger partial charge in [0.1, 0.15) is 0 Å². The molecule has 1 aliphatic carbocycles. The monoisotopic (exact) mass is 299 g/mol. The van der Waals surface area contributed by atoms with Crippen molar-refractivity contribution in [2.45, 2.75) is 32.6 Å². The van der Waals surface area contributed by atoms with Crippen LogP contribution in [0, 0.1) is 0 Å². The van der Waals surface area contributed by atoms with E-state index in [2.05, 4.69) is 60.4 Å². The molecule has 0 N–H and O–H groups in total. The first-order valence-electron chi connectivity index (χ1n) is 8.51. The number of unbranched alkanes of at least 4 members (excludes halogenated alkanes) is 1. The summed E-state index contributed by atoms with van der Waals surface area (Å²) in [5.41, 5.74) is 8.03. The summed E-state index contributed by atoms with van der Waals surface area (Å²) < 4.78 is 0. The van der Waals surface area contributed by atoms with Crippen molar-refractivity contribution >= 4 is 17.0 Å². The molecular weight excluding hydrogens is 278 g/mol. The number of hydrogen-bond donors (Lipinski definition) is 0. The highest BCUT2D eigenvalue weighted by Crippen LogP contribution is 2.33. The van der Waals surface area contributed by atoms with Crippen LogP contribution in [0.4, 0.5) is 0 Å². The van der Waals surface area contributed by atoms with Crippen LogP contribution in [-0.4, -0.2) is 4.98 Å². The van der Waals surface area contributed by atoms with Gasteiger partial charge in [0.25, 0.3) is 0 Å². The minimum atomic E-state index is 1.09. The number of aromatic nitrogens is 1. The second kappa shape index (κ2) is 6.00. The quantitative estimate of drug-likeness (QED) is 0.573. The Balaban J connectivity index is 1.71. The van der Waals surface area contributed by atoms with Gasteiger partial charge < -0.3 is 0 Å². The molecule has 0 bridgehead atoms. The van der Waals surface area contributed by atoms with Gasteiger partial charge in [-0.05, 0) is 42.0 Å². The highest BCUT2D eigenvalue weighted by molar-refractivity contribution is 5.93. The fourth-order valence-electron chi connectivity index (χ4n) is 3.48. The van der Waals surface area contributed by atoms with E-state index in [1.54, 1.807) is 5.57 Å². The van der Waals surface area contributed by atoms with Gasteiger partial charge in [0.15, 0.2) is 0 Å². The van der Waals surface area contributed by atoms with Gasteiger partial charge in [-0.25, -0.2) is 0 Å². The molecule has 3 aromatic rings. The molecule has 114 valence electrons. The van der Waals surface area contributed by atoms with Gasteiger partial charge in [-0.15, -0.1) is 0 Å². The second-order valence-electron chi connectivity index (χ2n) is 6.38. The Hall–Kier alpha value is -2.41. The van der Waals surface area contributed by atoms with E-state index in [0.29, 0.717) is 0 Å². The first kappa shape index (κ1) is 14.2. The largest absolute Gasteiger partial charge is 0.256 e. The van der Waals surface area contributed by atoms with Gasteiger partial charge in [0.05, 0.1) is 5.52 Å². The summed E-state index contributed by atoms with van der Waals surface area (Å²) in [5.74, 6) is 0. The van der Waals surface area contributed by atoms with E-state index < -0.39 is 0 Å². The number of hydrogen-bond acceptors (Lipinski definition) is 1. The first-order valence-corrected chi connectivity index (χ1v) is 8.51. The second-order valence-corrected chi connectivity index (χ2v) is 6.38. The molecule has 0 saturated carbocycles. The lowest BCUT2D eigenvalue weighted by atomic mass is 9.97. The van der Waals surface area contributed by atoms with Crippen LogP contribution in [0.3, 0.4) is 0 Å². The van der Waals surface area contributed by atoms with E-state index in [1.807, 2.05) is 12.3 Å². The van der Waals surface area contributed by atoms with Crippen LogP contribution < -0.4 is 0 Å². The summed E-state index contributed by atoms with van der Waals surface area (Å²) in [6, 6.07) is 17.4. The fourth-order valence-corrected chi connectivity index (χ4v) is 3.48. The Bertz CT molecular complexity index is 884. The molecular formula is C22H21N. The molecule has 0 saturated heterocycles. The fraction of sp³-hybridized carbons (Fsp3) is 0.227. The minimum Gasteiger partial charge on any atom is -0.256 e. The van der Waals surface area contributed by atoms with Crippen molar-refractivity contribution in [1.29, 1.82) is 0 Å². The molecule has 0 fully saturated rings. The molecule has 0 aliphatic heterocycles. The number of nitrogens with zero attached hydrogens (tertiary/aromatic N) is 1. The Morgan fingerprint density at radius 1 is 1.04 bits per heavy atom. The zero-order chi connectivity index (χ0) is 15.6. The molecule has 0 atom stereocenters. The van der Waals surface area contributed by atoms with Gasteiger partial charge in [-0.2, -0.15) is 0 Å². The smallest absolute Gasteiger partial charge is 0.0780 e. The molecule has 0 radical (unpaired) electrons. The van der Waals surface area contributed by atoms with Gasteiger partial charge in [-0.3, -0.25) is 4.98 Å². The maximum atomic E-state index is 4.59. The first-order chi connectivity index (χ1) is 11.3. The SMILES string of the molecule is CCCCC1=Cc2ccc(-c3cccc4cccnc34)cc2C1.